The molecule has 4 fully saturated rings. The van der Waals surface area contributed by atoms with E-state index >= 15 is 0 Å². The minimum Gasteiger partial charge on any atom is -0.462 e. The Morgan fingerprint density at radius 2 is 1.46 bits per heavy atom. The lowest BCUT2D eigenvalue weighted by molar-refractivity contribution is -0.181. The SMILES string of the molecule is CC/C=C\C/C=C\C/C=C\C/C=C\C/C=C\CCCCCC(=O)OC1CCC2(C)C(CCC3C2CC(O)C2(C)C(C(C)CCC(=O)NCCS(=O)(=O)O)CCC32)C1. The normalized spacial score (nSPS) is 32.3. The molecule has 57 heavy (non-hydrogen) atoms. The number of aliphatic hydroxyl groups excluding tert-OH is 1. The van der Waals surface area contributed by atoms with Crippen LogP contribution in [0.1, 0.15) is 156 Å². The molecule has 0 bridgehead atoms. The van der Waals surface area contributed by atoms with Gasteiger partial charge in [-0.25, -0.2) is 0 Å². The number of fused-ring (bicyclic) bond motifs is 5. The average Bonchev–Trinajstić information content (AvgIpc) is 3.53. The maximum absolute atomic E-state index is 12.9. The molecule has 4 aliphatic carbocycles. The Morgan fingerprint density at radius 3 is 2.11 bits per heavy atom. The van der Waals surface area contributed by atoms with Gasteiger partial charge in [0, 0.05) is 19.4 Å². The summed E-state index contributed by atoms with van der Waals surface area (Å²) in [5, 5.41) is 14.6. The molecule has 0 radical (unpaired) electrons. The van der Waals surface area contributed by atoms with Gasteiger partial charge in [0.2, 0.25) is 5.91 Å². The van der Waals surface area contributed by atoms with E-state index < -0.39 is 15.9 Å². The summed E-state index contributed by atoms with van der Waals surface area (Å²) in [6.07, 6.45) is 40.7. The number of allylic oxidation sites excluding steroid dienone is 10. The molecule has 10 atom stereocenters. The first-order chi connectivity index (χ1) is 27.3. The second-order valence-electron chi connectivity index (χ2n) is 18.3. The molecule has 4 saturated carbocycles. The van der Waals surface area contributed by atoms with Gasteiger partial charge in [-0.3, -0.25) is 14.1 Å². The van der Waals surface area contributed by atoms with Gasteiger partial charge < -0.3 is 15.2 Å². The van der Waals surface area contributed by atoms with Crippen LogP contribution in [0.4, 0.5) is 0 Å². The van der Waals surface area contributed by atoms with Gasteiger partial charge in [0.05, 0.1) is 11.9 Å². The van der Waals surface area contributed by atoms with Crippen molar-refractivity contribution in [2.24, 2.45) is 46.3 Å². The fraction of sp³-hybridized carbons (Fsp3) is 0.750. The Morgan fingerprint density at radius 1 is 0.807 bits per heavy atom. The van der Waals surface area contributed by atoms with E-state index in [4.69, 9.17) is 9.29 Å². The van der Waals surface area contributed by atoms with E-state index in [1.807, 2.05) is 0 Å². The van der Waals surface area contributed by atoms with Crippen LogP contribution in [-0.2, 0) is 24.4 Å². The Labute approximate surface area is 346 Å². The van der Waals surface area contributed by atoms with Crippen LogP contribution < -0.4 is 5.32 Å². The van der Waals surface area contributed by atoms with Crippen molar-refractivity contribution in [3.63, 3.8) is 0 Å². The fourth-order valence-corrected chi connectivity index (χ4v) is 11.9. The molecule has 0 spiro atoms. The highest BCUT2D eigenvalue weighted by Crippen LogP contribution is 2.68. The minimum atomic E-state index is -4.10. The molecule has 9 heteroatoms. The van der Waals surface area contributed by atoms with Crippen LogP contribution >= 0.6 is 0 Å². The highest BCUT2D eigenvalue weighted by molar-refractivity contribution is 7.85. The third-order valence-electron chi connectivity index (χ3n) is 14.7. The van der Waals surface area contributed by atoms with Gasteiger partial charge in [-0.05, 0) is 155 Å². The van der Waals surface area contributed by atoms with Crippen LogP contribution in [0.15, 0.2) is 60.8 Å². The van der Waals surface area contributed by atoms with Crippen LogP contribution in [0.25, 0.3) is 0 Å². The van der Waals surface area contributed by atoms with Gasteiger partial charge in [0.1, 0.15) is 6.10 Å². The number of rotatable bonds is 23. The van der Waals surface area contributed by atoms with Gasteiger partial charge in [-0.1, -0.05) is 94.9 Å². The lowest BCUT2D eigenvalue weighted by Gasteiger charge is -2.62. The lowest BCUT2D eigenvalue weighted by Crippen LogP contribution is -2.59. The monoisotopic (exact) mass is 812 g/mol. The van der Waals surface area contributed by atoms with E-state index in [1.165, 1.54) is 6.42 Å². The van der Waals surface area contributed by atoms with Gasteiger partial charge in [0.25, 0.3) is 10.1 Å². The number of esters is 1. The summed E-state index contributed by atoms with van der Waals surface area (Å²) in [4.78, 5) is 25.3. The molecule has 0 saturated heterocycles. The first-order valence-corrected chi connectivity index (χ1v) is 24.2. The summed E-state index contributed by atoms with van der Waals surface area (Å²) >= 11 is 0. The largest absolute Gasteiger partial charge is 0.462 e. The molecule has 4 rings (SSSR count). The van der Waals surface area contributed by atoms with Crippen molar-refractivity contribution in [2.75, 3.05) is 12.3 Å². The standard InChI is InChI=1S/C48H77NO7S/c1-5-6-7-8-9-10-11-12-13-14-15-16-17-18-19-20-21-22-23-24-46(52)56-39-31-32-47(3)38(35-39)26-27-40-42-29-28-41(48(42,4)44(50)36-43(40)47)37(2)25-30-45(51)49-33-34-57(53,54)55/h6-7,9-10,12-13,15-16,18-19,37-44,50H,5,8,11,14,17,20-36H2,1-4H3,(H,49,51)(H,53,54,55)/b7-6-,10-9-,13-12-,16-15-,19-18-. The highest BCUT2D eigenvalue weighted by Gasteiger charge is 2.63. The van der Waals surface area contributed by atoms with Gasteiger partial charge in [-0.15, -0.1) is 0 Å². The molecular formula is C48H77NO7S. The topological polar surface area (TPSA) is 130 Å². The Hall–Kier alpha value is -2.49. The maximum atomic E-state index is 12.9. The number of hydrogen-bond donors (Lipinski definition) is 3. The van der Waals surface area contributed by atoms with Crippen LogP contribution in [0.3, 0.4) is 0 Å². The summed E-state index contributed by atoms with van der Waals surface area (Å²) in [6, 6.07) is 0. The molecule has 0 aromatic heterocycles. The van der Waals surface area contributed by atoms with Crippen LogP contribution in [0.5, 0.6) is 0 Å². The summed E-state index contributed by atoms with van der Waals surface area (Å²) < 4.78 is 37.0. The Kier molecular flexibility index (Phi) is 19.3. The van der Waals surface area contributed by atoms with Gasteiger partial charge in [0.15, 0.2) is 0 Å². The number of carbonyl (C=O) groups excluding carboxylic acids is 2. The second-order valence-corrected chi connectivity index (χ2v) is 19.9. The third-order valence-corrected chi connectivity index (χ3v) is 15.4. The predicted molar refractivity (Wildman–Crippen MR) is 232 cm³/mol. The van der Waals surface area contributed by atoms with E-state index in [2.05, 4.69) is 93.8 Å². The van der Waals surface area contributed by atoms with Crippen molar-refractivity contribution >= 4 is 22.0 Å². The zero-order chi connectivity index (χ0) is 41.3. The van der Waals surface area contributed by atoms with Crippen LogP contribution in [-0.4, -0.2) is 54.5 Å². The zero-order valence-corrected chi connectivity index (χ0v) is 36.6. The van der Waals surface area contributed by atoms with E-state index in [0.717, 1.165) is 103 Å². The van der Waals surface area contributed by atoms with E-state index in [9.17, 15) is 23.1 Å². The maximum Gasteiger partial charge on any atom is 0.306 e. The fourth-order valence-electron chi connectivity index (χ4n) is 11.5. The molecule has 0 aliphatic heterocycles. The number of aliphatic hydroxyl groups is 1. The molecule has 0 heterocycles. The summed E-state index contributed by atoms with van der Waals surface area (Å²) in [6.45, 7) is 9.05. The molecule has 0 aromatic rings. The number of carbonyl (C=O) groups is 2. The first-order valence-electron chi connectivity index (χ1n) is 22.6. The number of ether oxygens (including phenoxy) is 1. The lowest BCUT2D eigenvalue weighted by atomic mass is 9.43. The number of unbranched alkanes of at least 4 members (excludes halogenated alkanes) is 3. The van der Waals surface area contributed by atoms with Crippen molar-refractivity contribution in [3.05, 3.63) is 60.8 Å². The quantitative estimate of drug-likeness (QED) is 0.0405. The Balaban J connectivity index is 1.11. The molecule has 3 N–H and O–H groups in total. The molecule has 8 nitrogen and oxygen atoms in total. The molecule has 322 valence electrons. The van der Waals surface area contributed by atoms with E-state index in [-0.39, 0.29) is 47.4 Å². The summed E-state index contributed by atoms with van der Waals surface area (Å²) in [5.41, 5.74) is -0.0197. The van der Waals surface area contributed by atoms with Crippen molar-refractivity contribution in [1.82, 2.24) is 5.32 Å². The van der Waals surface area contributed by atoms with Crippen molar-refractivity contribution in [3.8, 4) is 0 Å². The molecule has 0 aromatic carbocycles. The number of nitrogens with one attached hydrogen (secondary N) is 1. The summed E-state index contributed by atoms with van der Waals surface area (Å²) in [5.74, 6) is 1.93. The van der Waals surface area contributed by atoms with Crippen molar-refractivity contribution < 1.29 is 32.4 Å². The van der Waals surface area contributed by atoms with E-state index in [0.29, 0.717) is 48.9 Å². The summed E-state index contributed by atoms with van der Waals surface area (Å²) in [7, 11) is -4.10. The van der Waals surface area contributed by atoms with Crippen molar-refractivity contribution in [2.45, 2.75) is 168 Å². The number of amides is 1. The van der Waals surface area contributed by atoms with E-state index in [1.54, 1.807) is 0 Å². The van der Waals surface area contributed by atoms with Gasteiger partial charge >= 0.3 is 5.97 Å². The highest BCUT2D eigenvalue weighted by atomic mass is 32.2. The van der Waals surface area contributed by atoms with Crippen LogP contribution in [0.2, 0.25) is 0 Å². The molecule has 1 amide bonds. The zero-order valence-electron chi connectivity index (χ0n) is 35.8. The number of hydrogen-bond acceptors (Lipinski definition) is 6. The second kappa shape index (κ2) is 23.3. The smallest absolute Gasteiger partial charge is 0.306 e. The average molecular weight is 812 g/mol. The van der Waals surface area contributed by atoms with Gasteiger partial charge in [-0.2, -0.15) is 8.42 Å². The minimum absolute atomic E-state index is 0.00848. The third kappa shape index (κ3) is 14.1. The van der Waals surface area contributed by atoms with Crippen LogP contribution in [0, 0.1) is 46.3 Å². The first kappa shape index (κ1) is 47.2. The molecular weight excluding hydrogens is 735 g/mol. The predicted octanol–water partition coefficient (Wildman–Crippen LogP) is 10.7. The molecule has 10 unspecified atom stereocenters. The van der Waals surface area contributed by atoms with Crippen molar-refractivity contribution in [1.29, 1.82) is 0 Å². The molecule has 4 aliphatic rings. The Bertz CT molecular complexity index is 1520.